The molecule has 4 aromatic rings. The van der Waals surface area contributed by atoms with Gasteiger partial charge in [-0.05, 0) is 42.3 Å². The second-order valence-electron chi connectivity index (χ2n) is 5.87. The summed E-state index contributed by atoms with van der Waals surface area (Å²) in [6.07, 6.45) is 0. The summed E-state index contributed by atoms with van der Waals surface area (Å²) in [5.74, 6) is 1.36. The van der Waals surface area contributed by atoms with Gasteiger partial charge in [0.1, 0.15) is 17.1 Å². The Morgan fingerprint density at radius 3 is 2.32 bits per heavy atom. The van der Waals surface area contributed by atoms with Crippen LogP contribution in [0.25, 0.3) is 22.1 Å². The smallest absolute Gasteiger partial charge is 0.336 e. The summed E-state index contributed by atoms with van der Waals surface area (Å²) >= 11 is 0. The predicted octanol–water partition coefficient (Wildman–Crippen LogP) is 5.56. The van der Waals surface area contributed by atoms with Gasteiger partial charge in [-0.2, -0.15) is 0 Å². The molecule has 1 aromatic heterocycles. The van der Waals surface area contributed by atoms with Crippen molar-refractivity contribution in [3.8, 4) is 22.6 Å². The molecule has 0 fully saturated rings. The molecule has 0 atom stereocenters. The number of rotatable bonds is 3. The molecule has 0 saturated carbocycles. The van der Waals surface area contributed by atoms with E-state index in [9.17, 15) is 4.79 Å². The highest BCUT2D eigenvalue weighted by Crippen LogP contribution is 2.32. The maximum absolute atomic E-state index is 12.1. The maximum atomic E-state index is 12.1. The SMILES string of the molecule is Cc1ccccc1-c1cc(=O)oc2cc(Oc3ccccc3)ccc12. The molecule has 0 unspecified atom stereocenters. The molecule has 0 N–H and O–H groups in total. The van der Waals surface area contributed by atoms with Crippen LogP contribution >= 0.6 is 0 Å². The lowest BCUT2D eigenvalue weighted by Crippen LogP contribution is -1.99. The molecule has 0 radical (unpaired) electrons. The van der Waals surface area contributed by atoms with Crippen molar-refractivity contribution >= 4 is 11.0 Å². The number of ether oxygens (including phenoxy) is 1. The van der Waals surface area contributed by atoms with E-state index in [-0.39, 0.29) is 5.63 Å². The Hall–Kier alpha value is -3.33. The van der Waals surface area contributed by atoms with Crippen molar-refractivity contribution < 1.29 is 9.15 Å². The van der Waals surface area contributed by atoms with Gasteiger partial charge in [-0.1, -0.05) is 42.5 Å². The van der Waals surface area contributed by atoms with Crippen LogP contribution in [-0.4, -0.2) is 0 Å². The van der Waals surface area contributed by atoms with Gasteiger partial charge in [-0.3, -0.25) is 0 Å². The Labute approximate surface area is 145 Å². The first-order chi connectivity index (χ1) is 12.2. The summed E-state index contributed by atoms with van der Waals surface area (Å²) in [6.45, 7) is 2.03. The molecule has 122 valence electrons. The fraction of sp³-hybridized carbons (Fsp3) is 0.0455. The number of aryl methyl sites for hydroxylation is 1. The van der Waals surface area contributed by atoms with Crippen molar-refractivity contribution in [3.63, 3.8) is 0 Å². The lowest BCUT2D eigenvalue weighted by atomic mass is 9.98. The summed E-state index contributed by atoms with van der Waals surface area (Å²) < 4.78 is 11.2. The average Bonchev–Trinajstić information content (AvgIpc) is 2.62. The number of hydrogen-bond donors (Lipinski definition) is 0. The fourth-order valence-corrected chi connectivity index (χ4v) is 2.93. The molecule has 0 aliphatic heterocycles. The summed E-state index contributed by atoms with van der Waals surface area (Å²) in [5, 5.41) is 0.884. The quantitative estimate of drug-likeness (QED) is 0.462. The van der Waals surface area contributed by atoms with Gasteiger partial charge >= 0.3 is 5.63 Å². The Morgan fingerprint density at radius 2 is 1.52 bits per heavy atom. The van der Waals surface area contributed by atoms with Gasteiger partial charge < -0.3 is 9.15 Å². The minimum atomic E-state index is -0.373. The number of hydrogen-bond acceptors (Lipinski definition) is 3. The van der Waals surface area contributed by atoms with Crippen molar-refractivity contribution in [2.24, 2.45) is 0 Å². The van der Waals surface area contributed by atoms with Crippen molar-refractivity contribution in [2.45, 2.75) is 6.92 Å². The molecular weight excluding hydrogens is 312 g/mol. The Bertz CT molecular complexity index is 1090. The van der Waals surface area contributed by atoms with E-state index >= 15 is 0 Å². The van der Waals surface area contributed by atoms with Crippen molar-refractivity contribution in [1.29, 1.82) is 0 Å². The molecule has 0 aliphatic rings. The largest absolute Gasteiger partial charge is 0.457 e. The Balaban J connectivity index is 1.84. The maximum Gasteiger partial charge on any atom is 0.336 e. The third-order valence-corrected chi connectivity index (χ3v) is 4.13. The molecule has 0 spiro atoms. The standard InChI is InChI=1S/C22H16O3/c1-15-7-5-6-10-18(15)20-14-22(23)25-21-13-17(11-12-19(20)21)24-16-8-3-2-4-9-16/h2-14H,1H3. The average molecular weight is 328 g/mol. The highest BCUT2D eigenvalue weighted by molar-refractivity contribution is 5.94. The van der Waals surface area contributed by atoms with Gasteiger partial charge in [0.25, 0.3) is 0 Å². The third-order valence-electron chi connectivity index (χ3n) is 4.13. The first-order valence-corrected chi connectivity index (χ1v) is 8.07. The van der Waals surface area contributed by atoms with E-state index in [2.05, 4.69) is 0 Å². The summed E-state index contributed by atoms with van der Waals surface area (Å²) in [5.41, 5.74) is 3.15. The van der Waals surface area contributed by atoms with E-state index in [4.69, 9.17) is 9.15 Å². The van der Waals surface area contributed by atoms with Gasteiger partial charge in [0.15, 0.2) is 0 Å². The van der Waals surface area contributed by atoms with Gasteiger partial charge in [0.05, 0.1) is 0 Å². The molecule has 3 nitrogen and oxygen atoms in total. The van der Waals surface area contributed by atoms with Crippen molar-refractivity contribution in [1.82, 2.24) is 0 Å². The highest BCUT2D eigenvalue weighted by atomic mass is 16.5. The minimum absolute atomic E-state index is 0.373. The van der Waals surface area contributed by atoms with Crippen LogP contribution in [0.4, 0.5) is 0 Å². The van der Waals surface area contributed by atoms with Crippen LogP contribution in [0.15, 0.2) is 88.1 Å². The Morgan fingerprint density at radius 1 is 0.760 bits per heavy atom. The van der Waals surface area contributed by atoms with Crippen molar-refractivity contribution in [2.75, 3.05) is 0 Å². The van der Waals surface area contributed by atoms with Gasteiger partial charge in [0.2, 0.25) is 0 Å². The van der Waals surface area contributed by atoms with Gasteiger partial charge in [0, 0.05) is 23.1 Å². The van der Waals surface area contributed by atoms with Crippen LogP contribution in [-0.2, 0) is 0 Å². The monoisotopic (exact) mass is 328 g/mol. The fourth-order valence-electron chi connectivity index (χ4n) is 2.93. The second-order valence-corrected chi connectivity index (χ2v) is 5.87. The second kappa shape index (κ2) is 6.29. The molecular formula is C22H16O3. The number of fused-ring (bicyclic) bond motifs is 1. The first-order valence-electron chi connectivity index (χ1n) is 8.07. The van der Waals surface area contributed by atoms with Gasteiger partial charge in [-0.15, -0.1) is 0 Å². The molecule has 3 heteroatoms. The molecule has 0 aliphatic carbocycles. The highest BCUT2D eigenvalue weighted by Gasteiger charge is 2.11. The normalized spacial score (nSPS) is 10.8. The lowest BCUT2D eigenvalue weighted by molar-refractivity contribution is 0.480. The Kier molecular flexibility index (Phi) is 3.82. The molecule has 25 heavy (non-hydrogen) atoms. The van der Waals surface area contributed by atoms with Crippen LogP contribution in [0.2, 0.25) is 0 Å². The minimum Gasteiger partial charge on any atom is -0.457 e. The lowest BCUT2D eigenvalue weighted by Gasteiger charge is -2.10. The van der Waals surface area contributed by atoms with Crippen LogP contribution in [0, 0.1) is 6.92 Å². The molecule has 0 amide bonds. The predicted molar refractivity (Wildman–Crippen MR) is 99.2 cm³/mol. The van der Waals surface area contributed by atoms with E-state index in [1.165, 1.54) is 0 Å². The van der Waals surface area contributed by atoms with E-state index in [1.54, 1.807) is 12.1 Å². The zero-order valence-corrected chi connectivity index (χ0v) is 13.7. The summed E-state index contributed by atoms with van der Waals surface area (Å²) in [7, 11) is 0. The zero-order valence-electron chi connectivity index (χ0n) is 13.7. The zero-order chi connectivity index (χ0) is 17.2. The molecule has 1 heterocycles. The molecule has 0 saturated heterocycles. The van der Waals surface area contributed by atoms with Crippen LogP contribution in [0.1, 0.15) is 5.56 Å². The summed E-state index contributed by atoms with van der Waals surface area (Å²) in [4.78, 5) is 12.1. The molecule has 0 bridgehead atoms. The summed E-state index contributed by atoms with van der Waals surface area (Å²) in [6, 6.07) is 24.6. The van der Waals surface area contributed by atoms with Gasteiger partial charge in [-0.25, -0.2) is 4.79 Å². The molecule has 3 aromatic carbocycles. The van der Waals surface area contributed by atoms with E-state index in [0.717, 1.165) is 27.8 Å². The van der Waals surface area contributed by atoms with Crippen molar-refractivity contribution in [3.05, 3.63) is 94.8 Å². The number of para-hydroxylation sites is 1. The van der Waals surface area contributed by atoms with Crippen LogP contribution in [0.5, 0.6) is 11.5 Å². The van der Waals surface area contributed by atoms with Crippen LogP contribution in [0.3, 0.4) is 0 Å². The topological polar surface area (TPSA) is 39.4 Å². The van der Waals surface area contributed by atoms with E-state index < -0.39 is 0 Å². The number of benzene rings is 3. The molecule has 4 rings (SSSR count). The van der Waals surface area contributed by atoms with Crippen LogP contribution < -0.4 is 10.4 Å². The van der Waals surface area contributed by atoms with E-state index in [1.807, 2.05) is 73.7 Å². The van der Waals surface area contributed by atoms with E-state index in [0.29, 0.717) is 11.3 Å². The third kappa shape index (κ3) is 3.04. The first kappa shape index (κ1) is 15.2.